The van der Waals surface area contributed by atoms with E-state index >= 15 is 0 Å². The fraction of sp³-hybridized carbons (Fsp3) is 0.875. The largest absolute Gasteiger partial charge is 0.478 e. The van der Waals surface area contributed by atoms with Gasteiger partial charge in [0.15, 0.2) is 5.90 Å². The van der Waals surface area contributed by atoms with Gasteiger partial charge in [-0.15, -0.1) is 0 Å². The summed E-state index contributed by atoms with van der Waals surface area (Å²) < 4.78 is 5.37. The SMILES string of the molecule is CCC1CC(C)OC(C)=N1. The molecule has 1 aliphatic heterocycles. The molecule has 2 nitrogen and oxygen atoms in total. The zero-order chi connectivity index (χ0) is 7.56. The molecule has 1 rings (SSSR count). The predicted octanol–water partition coefficient (Wildman–Crippen LogP) is 1.99. The fourth-order valence-electron chi connectivity index (χ4n) is 1.32. The van der Waals surface area contributed by atoms with Crippen molar-refractivity contribution in [3.05, 3.63) is 0 Å². The summed E-state index contributed by atoms with van der Waals surface area (Å²) >= 11 is 0. The Morgan fingerprint density at radius 2 is 2.40 bits per heavy atom. The van der Waals surface area contributed by atoms with Crippen molar-refractivity contribution in [2.75, 3.05) is 0 Å². The van der Waals surface area contributed by atoms with Crippen molar-refractivity contribution in [1.29, 1.82) is 0 Å². The van der Waals surface area contributed by atoms with Gasteiger partial charge in [-0.05, 0) is 13.3 Å². The van der Waals surface area contributed by atoms with Crippen LogP contribution in [0.3, 0.4) is 0 Å². The number of aliphatic imine (C=N–C) groups is 1. The molecule has 0 aromatic carbocycles. The topological polar surface area (TPSA) is 21.6 Å². The highest BCUT2D eigenvalue weighted by atomic mass is 16.5. The van der Waals surface area contributed by atoms with Crippen LogP contribution in [0.5, 0.6) is 0 Å². The van der Waals surface area contributed by atoms with Crippen LogP contribution in [0.25, 0.3) is 0 Å². The van der Waals surface area contributed by atoms with Gasteiger partial charge in [0, 0.05) is 13.3 Å². The lowest BCUT2D eigenvalue weighted by Crippen LogP contribution is -2.25. The maximum Gasteiger partial charge on any atom is 0.180 e. The van der Waals surface area contributed by atoms with Gasteiger partial charge in [-0.2, -0.15) is 0 Å². The van der Waals surface area contributed by atoms with Gasteiger partial charge in [0.2, 0.25) is 0 Å². The standard InChI is InChI=1S/C8H15NO/c1-4-8-5-6(2)10-7(3)9-8/h6,8H,4-5H2,1-3H3. The zero-order valence-corrected chi connectivity index (χ0v) is 6.92. The van der Waals surface area contributed by atoms with E-state index in [9.17, 15) is 0 Å². The van der Waals surface area contributed by atoms with E-state index in [2.05, 4.69) is 18.8 Å². The molecular weight excluding hydrogens is 126 g/mol. The number of rotatable bonds is 1. The Labute approximate surface area is 62.3 Å². The van der Waals surface area contributed by atoms with E-state index in [0.717, 1.165) is 18.7 Å². The van der Waals surface area contributed by atoms with Crippen LogP contribution in [0.4, 0.5) is 0 Å². The van der Waals surface area contributed by atoms with Gasteiger partial charge in [0.05, 0.1) is 12.1 Å². The Bertz CT molecular complexity index is 142. The fourth-order valence-corrected chi connectivity index (χ4v) is 1.32. The van der Waals surface area contributed by atoms with E-state index in [1.807, 2.05) is 6.92 Å². The minimum Gasteiger partial charge on any atom is -0.478 e. The first-order chi connectivity index (χ1) is 4.72. The minimum atomic E-state index is 0.363. The summed E-state index contributed by atoms with van der Waals surface area (Å²) in [7, 11) is 0. The molecule has 1 aliphatic rings. The van der Waals surface area contributed by atoms with Crippen molar-refractivity contribution in [2.24, 2.45) is 4.99 Å². The first-order valence-corrected chi connectivity index (χ1v) is 3.93. The molecule has 0 aliphatic carbocycles. The predicted molar refractivity (Wildman–Crippen MR) is 42.4 cm³/mol. The molecule has 0 amide bonds. The van der Waals surface area contributed by atoms with Gasteiger partial charge in [-0.25, -0.2) is 0 Å². The molecule has 58 valence electrons. The monoisotopic (exact) mass is 141 g/mol. The Kier molecular flexibility index (Phi) is 2.30. The second kappa shape index (κ2) is 3.04. The van der Waals surface area contributed by atoms with Crippen LogP contribution in [0, 0.1) is 0 Å². The molecule has 0 N–H and O–H groups in total. The smallest absolute Gasteiger partial charge is 0.180 e. The number of hydrogen-bond donors (Lipinski definition) is 0. The van der Waals surface area contributed by atoms with E-state index in [1.54, 1.807) is 0 Å². The Hall–Kier alpha value is -0.530. The van der Waals surface area contributed by atoms with Crippen LogP contribution >= 0.6 is 0 Å². The summed E-state index contributed by atoms with van der Waals surface area (Å²) in [5.74, 6) is 0.852. The molecule has 0 saturated carbocycles. The molecule has 0 aromatic rings. The third kappa shape index (κ3) is 1.72. The van der Waals surface area contributed by atoms with Gasteiger partial charge in [-0.3, -0.25) is 4.99 Å². The molecule has 2 heteroatoms. The third-order valence-electron chi connectivity index (χ3n) is 1.81. The third-order valence-corrected chi connectivity index (χ3v) is 1.81. The van der Waals surface area contributed by atoms with Gasteiger partial charge >= 0.3 is 0 Å². The Morgan fingerprint density at radius 3 is 2.90 bits per heavy atom. The second-order valence-corrected chi connectivity index (χ2v) is 2.87. The van der Waals surface area contributed by atoms with Crippen molar-refractivity contribution in [1.82, 2.24) is 0 Å². The molecule has 10 heavy (non-hydrogen) atoms. The lowest BCUT2D eigenvalue weighted by molar-refractivity contribution is 0.164. The van der Waals surface area contributed by atoms with Crippen molar-refractivity contribution in [3.8, 4) is 0 Å². The lowest BCUT2D eigenvalue weighted by Gasteiger charge is -2.23. The van der Waals surface area contributed by atoms with Crippen LogP contribution in [0.1, 0.15) is 33.6 Å². The van der Waals surface area contributed by atoms with E-state index in [1.165, 1.54) is 0 Å². The second-order valence-electron chi connectivity index (χ2n) is 2.87. The average molecular weight is 141 g/mol. The van der Waals surface area contributed by atoms with Crippen LogP contribution in [-0.4, -0.2) is 18.0 Å². The number of nitrogens with zero attached hydrogens (tertiary/aromatic N) is 1. The number of hydrogen-bond acceptors (Lipinski definition) is 2. The van der Waals surface area contributed by atoms with E-state index in [4.69, 9.17) is 4.74 Å². The summed E-state index contributed by atoms with van der Waals surface area (Å²) in [5.41, 5.74) is 0. The maximum atomic E-state index is 5.37. The summed E-state index contributed by atoms with van der Waals surface area (Å²) in [6.45, 7) is 6.19. The summed E-state index contributed by atoms with van der Waals surface area (Å²) in [5, 5.41) is 0. The summed E-state index contributed by atoms with van der Waals surface area (Å²) in [6.07, 6.45) is 2.57. The zero-order valence-electron chi connectivity index (χ0n) is 6.92. The molecule has 0 spiro atoms. The normalized spacial score (nSPS) is 32.9. The van der Waals surface area contributed by atoms with Crippen LogP contribution in [0.15, 0.2) is 4.99 Å². The highest BCUT2D eigenvalue weighted by molar-refractivity contribution is 5.74. The summed E-state index contributed by atoms with van der Waals surface area (Å²) in [4.78, 5) is 4.35. The first-order valence-electron chi connectivity index (χ1n) is 3.93. The first kappa shape index (κ1) is 7.58. The number of ether oxygens (including phenoxy) is 1. The van der Waals surface area contributed by atoms with Crippen LogP contribution < -0.4 is 0 Å². The average Bonchev–Trinajstić information content (AvgIpc) is 1.85. The molecule has 0 bridgehead atoms. The van der Waals surface area contributed by atoms with Crippen molar-refractivity contribution in [3.63, 3.8) is 0 Å². The summed E-state index contributed by atoms with van der Waals surface area (Å²) in [6, 6.07) is 0.503. The van der Waals surface area contributed by atoms with Crippen molar-refractivity contribution < 1.29 is 4.74 Å². The van der Waals surface area contributed by atoms with Crippen LogP contribution in [-0.2, 0) is 4.74 Å². The lowest BCUT2D eigenvalue weighted by atomic mass is 10.1. The van der Waals surface area contributed by atoms with E-state index in [-0.39, 0.29) is 0 Å². The van der Waals surface area contributed by atoms with E-state index < -0.39 is 0 Å². The highest BCUT2D eigenvalue weighted by Crippen LogP contribution is 2.15. The Balaban J connectivity index is 2.55. The highest BCUT2D eigenvalue weighted by Gasteiger charge is 2.17. The molecule has 2 atom stereocenters. The molecule has 1 heterocycles. The molecule has 0 fully saturated rings. The van der Waals surface area contributed by atoms with Crippen molar-refractivity contribution in [2.45, 2.75) is 45.8 Å². The molecule has 2 unspecified atom stereocenters. The van der Waals surface area contributed by atoms with Gasteiger partial charge in [-0.1, -0.05) is 6.92 Å². The van der Waals surface area contributed by atoms with Gasteiger partial charge in [0.25, 0.3) is 0 Å². The molecule has 0 aromatic heterocycles. The molecule has 0 saturated heterocycles. The maximum absolute atomic E-state index is 5.37. The minimum absolute atomic E-state index is 0.363. The quantitative estimate of drug-likeness (QED) is 0.547. The van der Waals surface area contributed by atoms with E-state index in [0.29, 0.717) is 12.1 Å². The molecular formula is C8H15NO. The Morgan fingerprint density at radius 1 is 1.70 bits per heavy atom. The van der Waals surface area contributed by atoms with Crippen molar-refractivity contribution >= 4 is 5.90 Å². The van der Waals surface area contributed by atoms with Gasteiger partial charge in [0.1, 0.15) is 0 Å². The van der Waals surface area contributed by atoms with Crippen LogP contribution in [0.2, 0.25) is 0 Å². The molecule has 0 radical (unpaired) electrons. The van der Waals surface area contributed by atoms with Gasteiger partial charge < -0.3 is 4.74 Å².